The Morgan fingerprint density at radius 1 is 1.23 bits per heavy atom. The van der Waals surface area contributed by atoms with E-state index in [1.165, 1.54) is 16.6 Å². The molecule has 0 aliphatic heterocycles. The van der Waals surface area contributed by atoms with Crippen molar-refractivity contribution in [1.29, 1.82) is 0 Å². The van der Waals surface area contributed by atoms with Crippen LogP contribution in [0, 0.1) is 12.7 Å². The van der Waals surface area contributed by atoms with Gasteiger partial charge in [-0.05, 0) is 24.6 Å². The number of hydrogen-bond acceptors (Lipinski definition) is 5. The van der Waals surface area contributed by atoms with Gasteiger partial charge in [0.15, 0.2) is 5.82 Å². The zero-order chi connectivity index (χ0) is 18.6. The Morgan fingerprint density at radius 2 is 2.00 bits per heavy atom. The number of rotatable bonds is 2. The maximum Gasteiger partial charge on any atom is 0.408 e. The van der Waals surface area contributed by atoms with E-state index in [0.29, 0.717) is 16.8 Å². The van der Waals surface area contributed by atoms with E-state index in [1.807, 2.05) is 0 Å². The van der Waals surface area contributed by atoms with Crippen LogP contribution in [0.1, 0.15) is 5.69 Å². The van der Waals surface area contributed by atoms with Crippen LogP contribution in [0.4, 0.5) is 23.5 Å². The molecule has 1 aromatic carbocycles. The molecule has 0 saturated heterocycles. The maximum absolute atomic E-state index is 14.6. The van der Waals surface area contributed by atoms with Gasteiger partial charge < -0.3 is 5.73 Å². The topological polar surface area (TPSA) is 86.9 Å². The number of nitrogens with two attached hydrogens (primary N) is 1. The van der Waals surface area contributed by atoms with Crippen molar-refractivity contribution in [3.63, 3.8) is 0 Å². The molecule has 11 heteroatoms. The molecule has 4 aromatic rings. The van der Waals surface area contributed by atoms with Crippen molar-refractivity contribution < 1.29 is 17.6 Å². The van der Waals surface area contributed by atoms with Gasteiger partial charge in [0.25, 0.3) is 0 Å². The minimum atomic E-state index is -4.45. The molecule has 7 nitrogen and oxygen atoms in total. The van der Waals surface area contributed by atoms with Gasteiger partial charge in [-0.3, -0.25) is 0 Å². The summed E-state index contributed by atoms with van der Waals surface area (Å²) in [6.07, 6.45) is -3.31. The molecule has 0 aliphatic carbocycles. The fourth-order valence-corrected chi connectivity index (χ4v) is 2.93. The van der Waals surface area contributed by atoms with Gasteiger partial charge in [-0.25, -0.2) is 18.6 Å². The minimum Gasteiger partial charge on any atom is -0.367 e. The summed E-state index contributed by atoms with van der Waals surface area (Å²) >= 11 is 0. The number of halogens is 4. The third-order valence-electron chi connectivity index (χ3n) is 3.91. The Morgan fingerprint density at radius 3 is 2.73 bits per heavy atom. The Bertz CT molecular complexity index is 1140. The van der Waals surface area contributed by atoms with Crippen molar-refractivity contribution in [1.82, 2.24) is 29.6 Å². The number of nitrogens with zero attached hydrogens (tertiary/aromatic N) is 6. The van der Waals surface area contributed by atoms with Gasteiger partial charge in [-0.2, -0.15) is 13.2 Å². The lowest BCUT2D eigenvalue weighted by molar-refractivity contribution is -0.142. The van der Waals surface area contributed by atoms with Gasteiger partial charge >= 0.3 is 6.18 Å². The Balaban J connectivity index is 1.94. The lowest BCUT2D eigenvalue weighted by Crippen LogP contribution is -2.18. The van der Waals surface area contributed by atoms with Crippen LogP contribution in [0.25, 0.3) is 27.7 Å². The summed E-state index contributed by atoms with van der Waals surface area (Å²) in [5.74, 6) is -0.610. The van der Waals surface area contributed by atoms with Gasteiger partial charge in [0.1, 0.15) is 12.1 Å². The molecule has 0 amide bonds. The number of aromatic nitrogens is 6. The minimum absolute atomic E-state index is 0.0144. The van der Waals surface area contributed by atoms with Crippen LogP contribution in [0.5, 0.6) is 0 Å². The smallest absolute Gasteiger partial charge is 0.367 e. The van der Waals surface area contributed by atoms with Crippen LogP contribution < -0.4 is 5.73 Å². The Hall–Kier alpha value is -3.24. The molecule has 0 bridgehead atoms. The van der Waals surface area contributed by atoms with Crippen molar-refractivity contribution in [3.05, 3.63) is 35.9 Å². The normalized spacial score (nSPS) is 12.3. The molecule has 3 heterocycles. The molecule has 0 atom stereocenters. The quantitative estimate of drug-likeness (QED) is 0.552. The summed E-state index contributed by atoms with van der Waals surface area (Å²) in [6.45, 7) is 0.356. The number of hydrogen-bond donors (Lipinski definition) is 1. The lowest BCUT2D eigenvalue weighted by atomic mass is 10.1. The number of anilines is 1. The standard InChI is InChI=1S/C15H11F4N7/c1-7-13-12(9(16)5-25(13)23-14(20)21-7)8-2-3-10-11(4-8)26(24-22-10)6-15(17,18)19/h2-5H,6H2,1H3,(H2,20,23). The van der Waals surface area contributed by atoms with Gasteiger partial charge in [-0.1, -0.05) is 11.3 Å². The van der Waals surface area contributed by atoms with Crippen molar-refractivity contribution in [2.45, 2.75) is 19.6 Å². The first-order valence-corrected chi connectivity index (χ1v) is 7.44. The van der Waals surface area contributed by atoms with Gasteiger partial charge in [0, 0.05) is 5.56 Å². The summed E-state index contributed by atoms with van der Waals surface area (Å²) in [7, 11) is 0. The van der Waals surface area contributed by atoms with Crippen LogP contribution in [-0.2, 0) is 6.54 Å². The highest BCUT2D eigenvalue weighted by molar-refractivity contribution is 5.88. The van der Waals surface area contributed by atoms with E-state index in [9.17, 15) is 17.6 Å². The van der Waals surface area contributed by atoms with E-state index in [1.54, 1.807) is 13.0 Å². The summed E-state index contributed by atoms with van der Waals surface area (Å²) in [4.78, 5) is 4.02. The van der Waals surface area contributed by atoms with Crippen molar-refractivity contribution in [3.8, 4) is 11.1 Å². The molecule has 0 unspecified atom stereocenters. The first-order chi connectivity index (χ1) is 12.2. The molecule has 134 valence electrons. The zero-order valence-corrected chi connectivity index (χ0v) is 13.3. The van der Waals surface area contributed by atoms with E-state index in [4.69, 9.17) is 5.73 Å². The second-order valence-corrected chi connectivity index (χ2v) is 5.77. The van der Waals surface area contributed by atoms with Crippen LogP contribution >= 0.6 is 0 Å². The second-order valence-electron chi connectivity index (χ2n) is 5.77. The predicted molar refractivity (Wildman–Crippen MR) is 84.7 cm³/mol. The fraction of sp³-hybridized carbons (Fsp3) is 0.200. The van der Waals surface area contributed by atoms with Crippen LogP contribution in [0.15, 0.2) is 24.4 Å². The monoisotopic (exact) mass is 365 g/mol. The molecule has 0 saturated carbocycles. The molecule has 4 rings (SSSR count). The van der Waals surface area contributed by atoms with Crippen molar-refractivity contribution in [2.75, 3.05) is 5.73 Å². The number of nitrogen functional groups attached to an aromatic ring is 1. The summed E-state index contributed by atoms with van der Waals surface area (Å²) in [5, 5.41) is 11.2. The van der Waals surface area contributed by atoms with Gasteiger partial charge in [0.05, 0.1) is 22.9 Å². The molecule has 3 aromatic heterocycles. The molecular weight excluding hydrogens is 354 g/mol. The number of aryl methyl sites for hydroxylation is 1. The van der Waals surface area contributed by atoms with E-state index in [-0.39, 0.29) is 22.5 Å². The third kappa shape index (κ3) is 2.61. The summed E-state index contributed by atoms with van der Waals surface area (Å²) in [6, 6.07) is 4.46. The SMILES string of the molecule is Cc1nc(N)nn2cc(F)c(-c3ccc4nnn(CC(F)(F)F)c4c3)c12. The Kier molecular flexibility index (Phi) is 3.36. The van der Waals surface area contributed by atoms with Crippen LogP contribution in [0.2, 0.25) is 0 Å². The van der Waals surface area contributed by atoms with E-state index < -0.39 is 18.5 Å². The van der Waals surface area contributed by atoms with Crippen molar-refractivity contribution in [2.24, 2.45) is 0 Å². The third-order valence-corrected chi connectivity index (χ3v) is 3.91. The number of benzene rings is 1. The molecular formula is C15H11F4N7. The molecule has 0 spiro atoms. The summed E-state index contributed by atoms with van der Waals surface area (Å²) in [5.41, 5.74) is 7.35. The van der Waals surface area contributed by atoms with E-state index in [0.717, 1.165) is 10.9 Å². The van der Waals surface area contributed by atoms with Gasteiger partial charge in [-0.15, -0.1) is 10.2 Å². The lowest BCUT2D eigenvalue weighted by Gasteiger charge is -2.08. The first kappa shape index (κ1) is 16.2. The second kappa shape index (κ2) is 5.38. The van der Waals surface area contributed by atoms with Gasteiger partial charge in [0.2, 0.25) is 5.95 Å². The number of alkyl halides is 3. The molecule has 26 heavy (non-hydrogen) atoms. The summed E-state index contributed by atoms with van der Waals surface area (Å²) < 4.78 is 54.7. The average molecular weight is 365 g/mol. The highest BCUT2D eigenvalue weighted by Crippen LogP contribution is 2.32. The molecule has 0 radical (unpaired) electrons. The largest absolute Gasteiger partial charge is 0.408 e. The first-order valence-electron chi connectivity index (χ1n) is 7.44. The molecule has 2 N–H and O–H groups in total. The van der Waals surface area contributed by atoms with Crippen molar-refractivity contribution >= 4 is 22.5 Å². The van der Waals surface area contributed by atoms with E-state index in [2.05, 4.69) is 20.4 Å². The number of fused-ring (bicyclic) bond motifs is 2. The van der Waals surface area contributed by atoms with Crippen LogP contribution in [-0.4, -0.2) is 35.8 Å². The molecule has 0 fully saturated rings. The Labute approximate surface area is 143 Å². The average Bonchev–Trinajstić information content (AvgIpc) is 3.06. The van der Waals surface area contributed by atoms with E-state index >= 15 is 0 Å². The van der Waals surface area contributed by atoms with Crippen LogP contribution in [0.3, 0.4) is 0 Å². The predicted octanol–water partition coefficient (Wildman–Crippen LogP) is 2.73. The zero-order valence-electron chi connectivity index (χ0n) is 13.3. The molecule has 0 aliphatic rings. The maximum atomic E-state index is 14.6. The fourth-order valence-electron chi connectivity index (χ4n) is 2.93. The highest BCUT2D eigenvalue weighted by atomic mass is 19.4. The highest BCUT2D eigenvalue weighted by Gasteiger charge is 2.29.